The second-order valence-electron chi connectivity index (χ2n) is 5.74. The SMILES string of the molecule is CC.COc1cc(-c2scc(NC(=O)c3ccc(S)c(N)c3)c2C(=O)O)ccc1Cl. The van der Waals surface area contributed by atoms with Crippen LogP contribution < -0.4 is 15.8 Å². The Kier molecular flexibility index (Phi) is 8.16. The molecule has 0 atom stereocenters. The van der Waals surface area contributed by atoms with Crippen molar-refractivity contribution in [3.63, 3.8) is 0 Å². The van der Waals surface area contributed by atoms with Crippen molar-refractivity contribution < 1.29 is 19.4 Å². The van der Waals surface area contributed by atoms with Crippen molar-refractivity contribution in [3.8, 4) is 16.2 Å². The summed E-state index contributed by atoms with van der Waals surface area (Å²) in [5.41, 5.74) is 7.23. The van der Waals surface area contributed by atoms with Crippen LogP contribution in [-0.4, -0.2) is 24.1 Å². The van der Waals surface area contributed by atoms with E-state index in [0.717, 1.165) is 0 Å². The summed E-state index contributed by atoms with van der Waals surface area (Å²) in [5.74, 6) is -1.21. The maximum Gasteiger partial charge on any atom is 0.339 e. The lowest BCUT2D eigenvalue weighted by Crippen LogP contribution is -2.14. The number of methoxy groups -OCH3 is 1. The number of aromatic carboxylic acids is 1. The van der Waals surface area contributed by atoms with Crippen LogP contribution in [-0.2, 0) is 0 Å². The number of carboxylic acids is 1. The molecule has 0 unspecified atom stereocenters. The highest BCUT2D eigenvalue weighted by atomic mass is 35.5. The van der Waals surface area contributed by atoms with Crippen molar-refractivity contribution in [3.05, 3.63) is 57.9 Å². The Labute approximate surface area is 189 Å². The minimum Gasteiger partial charge on any atom is -0.495 e. The predicted octanol–water partition coefficient (Wildman–Crippen LogP) is 5.92. The molecule has 1 heterocycles. The van der Waals surface area contributed by atoms with Gasteiger partial charge in [-0.3, -0.25) is 4.79 Å². The van der Waals surface area contributed by atoms with E-state index >= 15 is 0 Å². The van der Waals surface area contributed by atoms with Gasteiger partial charge in [0.25, 0.3) is 5.91 Å². The number of thiophene rings is 1. The molecule has 0 saturated carbocycles. The number of carbonyl (C=O) groups is 2. The minimum absolute atomic E-state index is 0.0125. The van der Waals surface area contributed by atoms with Gasteiger partial charge in [0.15, 0.2) is 0 Å². The fourth-order valence-electron chi connectivity index (χ4n) is 2.57. The summed E-state index contributed by atoms with van der Waals surface area (Å²) >= 11 is 11.4. The van der Waals surface area contributed by atoms with Crippen molar-refractivity contribution in [2.45, 2.75) is 18.7 Å². The lowest BCUT2D eigenvalue weighted by atomic mass is 10.1. The number of halogens is 1. The molecule has 0 aliphatic rings. The average molecular weight is 465 g/mol. The first-order valence-corrected chi connectivity index (χ1v) is 10.6. The van der Waals surface area contributed by atoms with E-state index in [2.05, 4.69) is 17.9 Å². The van der Waals surface area contributed by atoms with Gasteiger partial charge in [0.05, 0.1) is 22.7 Å². The number of ether oxygens (including phenoxy) is 1. The molecule has 0 aliphatic heterocycles. The normalized spacial score (nSPS) is 10.0. The van der Waals surface area contributed by atoms with Gasteiger partial charge in [0, 0.05) is 21.5 Å². The molecular weight excluding hydrogens is 444 g/mol. The second-order valence-corrected chi connectivity index (χ2v) is 7.50. The van der Waals surface area contributed by atoms with Gasteiger partial charge >= 0.3 is 5.97 Å². The second kappa shape index (κ2) is 10.4. The Morgan fingerprint density at radius 3 is 2.50 bits per heavy atom. The first-order chi connectivity index (χ1) is 14.3. The molecule has 3 aromatic rings. The fraction of sp³-hybridized carbons (Fsp3) is 0.143. The quantitative estimate of drug-likeness (QED) is 0.277. The summed E-state index contributed by atoms with van der Waals surface area (Å²) in [4.78, 5) is 25.4. The maximum atomic E-state index is 12.5. The van der Waals surface area contributed by atoms with Gasteiger partial charge in [0.2, 0.25) is 0 Å². The van der Waals surface area contributed by atoms with Gasteiger partial charge in [-0.1, -0.05) is 31.5 Å². The van der Waals surface area contributed by atoms with E-state index < -0.39 is 11.9 Å². The highest BCUT2D eigenvalue weighted by Crippen LogP contribution is 2.39. The number of nitrogens with two attached hydrogens (primary N) is 1. The third-order valence-electron chi connectivity index (χ3n) is 3.96. The zero-order valence-corrected chi connectivity index (χ0v) is 19.0. The van der Waals surface area contributed by atoms with E-state index in [1.54, 1.807) is 35.7 Å². The standard InChI is InChI=1S/C19H15ClN2O4S2.C2H6/c1-26-14-7-9(2-4-11(14)20)17-16(19(24)25)13(8-28-17)22-18(23)10-3-5-15(27)12(21)6-10;1-2/h2-8,27H,21H2,1H3,(H,22,23)(H,24,25);1-2H3. The smallest absolute Gasteiger partial charge is 0.339 e. The van der Waals surface area contributed by atoms with Crippen LogP contribution in [0.1, 0.15) is 34.6 Å². The van der Waals surface area contributed by atoms with Crippen molar-refractivity contribution >= 4 is 58.8 Å². The number of anilines is 2. The summed E-state index contributed by atoms with van der Waals surface area (Å²) in [6.45, 7) is 4.00. The van der Waals surface area contributed by atoms with Crippen LogP contribution >= 0.6 is 35.6 Å². The van der Waals surface area contributed by atoms with Crippen LogP contribution in [0.3, 0.4) is 0 Å². The molecule has 0 fully saturated rings. The molecule has 0 aliphatic carbocycles. The summed E-state index contributed by atoms with van der Waals surface area (Å²) in [6.07, 6.45) is 0. The van der Waals surface area contributed by atoms with Crippen molar-refractivity contribution in [1.29, 1.82) is 0 Å². The molecule has 1 aromatic heterocycles. The number of rotatable bonds is 5. The van der Waals surface area contributed by atoms with Gasteiger partial charge < -0.3 is 20.9 Å². The molecule has 1 amide bonds. The maximum absolute atomic E-state index is 12.5. The summed E-state index contributed by atoms with van der Waals surface area (Å²) in [5, 5.41) is 14.3. The van der Waals surface area contributed by atoms with Gasteiger partial charge in [-0.2, -0.15) is 0 Å². The molecule has 9 heteroatoms. The number of nitrogen functional groups attached to an aromatic ring is 1. The monoisotopic (exact) mass is 464 g/mol. The first-order valence-electron chi connectivity index (χ1n) is 8.90. The van der Waals surface area contributed by atoms with Crippen LogP contribution in [0.15, 0.2) is 46.7 Å². The van der Waals surface area contributed by atoms with Crippen molar-refractivity contribution in [1.82, 2.24) is 0 Å². The Hall–Kier alpha value is -2.68. The molecule has 0 bridgehead atoms. The minimum atomic E-state index is -1.16. The molecule has 3 rings (SSSR count). The zero-order valence-electron chi connectivity index (χ0n) is 16.5. The van der Waals surface area contributed by atoms with Crippen LogP contribution in [0.25, 0.3) is 10.4 Å². The highest BCUT2D eigenvalue weighted by molar-refractivity contribution is 7.80. The van der Waals surface area contributed by atoms with Crippen LogP contribution in [0, 0.1) is 0 Å². The van der Waals surface area contributed by atoms with E-state index in [9.17, 15) is 14.7 Å². The number of hydrogen-bond acceptors (Lipinski definition) is 6. The van der Waals surface area contributed by atoms with Crippen molar-refractivity contribution in [2.24, 2.45) is 0 Å². The number of amides is 1. The third-order valence-corrected chi connectivity index (χ3v) is 5.70. The molecule has 2 aromatic carbocycles. The average Bonchev–Trinajstić information content (AvgIpc) is 3.15. The van der Waals surface area contributed by atoms with E-state index in [1.807, 2.05) is 13.8 Å². The van der Waals surface area contributed by atoms with Crippen LogP contribution in [0.5, 0.6) is 5.75 Å². The Bertz CT molecular complexity index is 1080. The van der Waals surface area contributed by atoms with Gasteiger partial charge in [-0.15, -0.1) is 24.0 Å². The largest absolute Gasteiger partial charge is 0.495 e. The van der Waals surface area contributed by atoms with Crippen molar-refractivity contribution in [2.75, 3.05) is 18.2 Å². The zero-order chi connectivity index (χ0) is 22.4. The molecule has 4 N–H and O–H groups in total. The van der Waals surface area contributed by atoms with E-state index in [1.165, 1.54) is 24.5 Å². The highest BCUT2D eigenvalue weighted by Gasteiger charge is 2.22. The predicted molar refractivity (Wildman–Crippen MR) is 126 cm³/mol. The molecule has 158 valence electrons. The number of nitrogens with one attached hydrogen (secondary N) is 1. The van der Waals surface area contributed by atoms with E-state index in [-0.39, 0.29) is 11.3 Å². The molecular formula is C21H21ClN2O4S2. The summed E-state index contributed by atoms with van der Waals surface area (Å²) in [7, 11) is 1.48. The molecule has 30 heavy (non-hydrogen) atoms. The van der Waals surface area contributed by atoms with E-state index in [4.69, 9.17) is 22.1 Å². The number of hydrogen-bond donors (Lipinski definition) is 4. The third kappa shape index (κ3) is 5.08. The number of carbonyl (C=O) groups excluding carboxylic acids is 1. The first kappa shape index (κ1) is 23.6. The lowest BCUT2D eigenvalue weighted by molar-refractivity contribution is 0.0699. The van der Waals surface area contributed by atoms with Crippen LogP contribution in [0.4, 0.5) is 11.4 Å². The Balaban J connectivity index is 0.00000155. The van der Waals surface area contributed by atoms with Gasteiger partial charge in [0.1, 0.15) is 11.3 Å². The molecule has 0 saturated heterocycles. The molecule has 6 nitrogen and oxygen atoms in total. The summed E-state index contributed by atoms with van der Waals surface area (Å²) < 4.78 is 5.19. The number of carboxylic acid groups (broad SMARTS) is 1. The Morgan fingerprint density at radius 1 is 1.20 bits per heavy atom. The lowest BCUT2D eigenvalue weighted by Gasteiger charge is -2.09. The van der Waals surface area contributed by atoms with Gasteiger partial charge in [-0.05, 0) is 35.9 Å². The van der Waals surface area contributed by atoms with Crippen LogP contribution in [0.2, 0.25) is 5.02 Å². The number of benzene rings is 2. The molecule has 0 radical (unpaired) electrons. The molecule has 0 spiro atoms. The van der Waals surface area contributed by atoms with Gasteiger partial charge in [-0.25, -0.2) is 4.79 Å². The Morgan fingerprint density at radius 2 is 1.90 bits per heavy atom. The topological polar surface area (TPSA) is 102 Å². The number of thiol groups is 1. The van der Waals surface area contributed by atoms with E-state index in [0.29, 0.717) is 37.4 Å². The summed E-state index contributed by atoms with van der Waals surface area (Å²) in [6, 6.07) is 9.62. The fourth-order valence-corrected chi connectivity index (χ4v) is 3.89.